The first-order valence-corrected chi connectivity index (χ1v) is 5.83. The van der Waals surface area contributed by atoms with Crippen molar-refractivity contribution >= 4 is 11.9 Å². The van der Waals surface area contributed by atoms with Crippen LogP contribution in [-0.2, 0) is 14.3 Å². The van der Waals surface area contributed by atoms with E-state index in [1.165, 1.54) is 7.11 Å². The molecule has 0 spiro atoms. The molecule has 0 bridgehead atoms. The van der Waals surface area contributed by atoms with Crippen molar-refractivity contribution in [3.63, 3.8) is 0 Å². The van der Waals surface area contributed by atoms with Gasteiger partial charge >= 0.3 is 5.97 Å². The van der Waals surface area contributed by atoms with Crippen LogP contribution in [-0.4, -0.2) is 32.7 Å². The monoisotopic (exact) mass is 244 g/mol. The molecule has 0 fully saturated rings. The van der Waals surface area contributed by atoms with Crippen LogP contribution in [0.5, 0.6) is 0 Å². The standard InChI is InChI=1S/C12H24N2O3/c1-9(6-10(15)17-5)7-12(2,3)11(16)14-8-13-4/h9,13H,6-8H2,1-5H3,(H,14,16). The summed E-state index contributed by atoms with van der Waals surface area (Å²) in [6.07, 6.45) is 0.997. The van der Waals surface area contributed by atoms with Crippen molar-refractivity contribution in [2.24, 2.45) is 11.3 Å². The average molecular weight is 244 g/mol. The SMILES string of the molecule is CNCNC(=O)C(C)(C)CC(C)CC(=O)OC. The highest BCUT2D eigenvalue weighted by Gasteiger charge is 2.29. The van der Waals surface area contributed by atoms with Gasteiger partial charge < -0.3 is 15.4 Å². The molecule has 1 amide bonds. The Hall–Kier alpha value is -1.10. The van der Waals surface area contributed by atoms with E-state index in [4.69, 9.17) is 0 Å². The third kappa shape index (κ3) is 6.26. The summed E-state index contributed by atoms with van der Waals surface area (Å²) < 4.78 is 4.61. The molecule has 1 unspecified atom stereocenters. The predicted octanol–water partition coefficient (Wildman–Crippen LogP) is 0.895. The number of hydrogen-bond acceptors (Lipinski definition) is 4. The summed E-state index contributed by atoms with van der Waals surface area (Å²) in [5.74, 6) is -0.120. The van der Waals surface area contributed by atoms with Crippen molar-refractivity contribution in [2.75, 3.05) is 20.8 Å². The van der Waals surface area contributed by atoms with E-state index in [0.717, 1.165) is 0 Å². The van der Waals surface area contributed by atoms with E-state index in [2.05, 4.69) is 15.4 Å². The maximum atomic E-state index is 11.8. The highest BCUT2D eigenvalue weighted by atomic mass is 16.5. The third-order valence-corrected chi connectivity index (χ3v) is 2.64. The largest absolute Gasteiger partial charge is 0.469 e. The Morgan fingerprint density at radius 2 is 1.94 bits per heavy atom. The molecule has 5 heteroatoms. The Bertz CT molecular complexity index is 264. The van der Waals surface area contributed by atoms with Gasteiger partial charge in [0.25, 0.3) is 0 Å². The lowest BCUT2D eigenvalue weighted by Gasteiger charge is -2.26. The molecule has 0 heterocycles. The molecule has 100 valence electrons. The molecule has 1 atom stereocenters. The molecule has 0 saturated heterocycles. The molecule has 0 aliphatic carbocycles. The lowest BCUT2D eigenvalue weighted by molar-refractivity contribution is -0.142. The maximum Gasteiger partial charge on any atom is 0.305 e. The van der Waals surface area contributed by atoms with Gasteiger partial charge in [-0.05, 0) is 19.4 Å². The van der Waals surface area contributed by atoms with Gasteiger partial charge in [0, 0.05) is 11.8 Å². The first kappa shape index (κ1) is 15.9. The smallest absolute Gasteiger partial charge is 0.305 e. The molecule has 0 aliphatic heterocycles. The molecule has 2 N–H and O–H groups in total. The molecule has 0 radical (unpaired) electrons. The number of hydrogen-bond donors (Lipinski definition) is 2. The van der Waals surface area contributed by atoms with Crippen LogP contribution in [0.2, 0.25) is 0 Å². The van der Waals surface area contributed by atoms with Crippen molar-refractivity contribution in [2.45, 2.75) is 33.6 Å². The van der Waals surface area contributed by atoms with E-state index in [-0.39, 0.29) is 17.8 Å². The fourth-order valence-electron chi connectivity index (χ4n) is 1.81. The zero-order valence-corrected chi connectivity index (χ0v) is 11.4. The van der Waals surface area contributed by atoms with Gasteiger partial charge in [-0.3, -0.25) is 9.59 Å². The summed E-state index contributed by atoms with van der Waals surface area (Å²) >= 11 is 0. The molecule has 17 heavy (non-hydrogen) atoms. The quantitative estimate of drug-likeness (QED) is 0.515. The normalized spacial score (nSPS) is 13.0. The number of nitrogens with one attached hydrogen (secondary N) is 2. The van der Waals surface area contributed by atoms with Crippen molar-refractivity contribution in [3.05, 3.63) is 0 Å². The van der Waals surface area contributed by atoms with E-state index in [9.17, 15) is 9.59 Å². The first-order chi connectivity index (χ1) is 7.83. The highest BCUT2D eigenvalue weighted by molar-refractivity contribution is 5.81. The van der Waals surface area contributed by atoms with Crippen LogP contribution in [0.25, 0.3) is 0 Å². The summed E-state index contributed by atoms with van der Waals surface area (Å²) in [5, 5.41) is 5.64. The predicted molar refractivity (Wildman–Crippen MR) is 66.3 cm³/mol. The Morgan fingerprint density at radius 3 is 2.41 bits per heavy atom. The number of esters is 1. The number of methoxy groups -OCH3 is 1. The fourth-order valence-corrected chi connectivity index (χ4v) is 1.81. The third-order valence-electron chi connectivity index (χ3n) is 2.64. The van der Waals surface area contributed by atoms with Crippen LogP contribution >= 0.6 is 0 Å². The topological polar surface area (TPSA) is 67.4 Å². The number of ether oxygens (including phenoxy) is 1. The molecule has 5 nitrogen and oxygen atoms in total. The average Bonchev–Trinajstić information content (AvgIpc) is 2.24. The second-order valence-electron chi connectivity index (χ2n) is 5.01. The zero-order chi connectivity index (χ0) is 13.5. The van der Waals surface area contributed by atoms with Crippen LogP contribution in [0, 0.1) is 11.3 Å². The Balaban J connectivity index is 4.22. The second kappa shape index (κ2) is 7.27. The Kier molecular flexibility index (Phi) is 6.80. The summed E-state index contributed by atoms with van der Waals surface area (Å²) in [4.78, 5) is 23.0. The minimum absolute atomic E-state index is 0.0106. The molecular formula is C12H24N2O3. The van der Waals surface area contributed by atoms with E-state index < -0.39 is 5.41 Å². The van der Waals surface area contributed by atoms with E-state index in [1.807, 2.05) is 20.8 Å². The van der Waals surface area contributed by atoms with Gasteiger partial charge in [0.2, 0.25) is 5.91 Å². The minimum atomic E-state index is -0.482. The van der Waals surface area contributed by atoms with E-state index >= 15 is 0 Å². The molecule has 0 saturated carbocycles. The number of carbonyl (C=O) groups is 2. The molecule has 0 aromatic rings. The van der Waals surface area contributed by atoms with Crippen molar-refractivity contribution < 1.29 is 14.3 Å². The second-order valence-corrected chi connectivity index (χ2v) is 5.01. The van der Waals surface area contributed by atoms with Crippen LogP contribution < -0.4 is 10.6 Å². The number of rotatable bonds is 7. The maximum absolute atomic E-state index is 11.8. The van der Waals surface area contributed by atoms with Gasteiger partial charge in [0.05, 0.1) is 13.8 Å². The van der Waals surface area contributed by atoms with Crippen LogP contribution in [0.15, 0.2) is 0 Å². The molecular weight excluding hydrogens is 220 g/mol. The number of carbonyl (C=O) groups excluding carboxylic acids is 2. The van der Waals surface area contributed by atoms with Crippen molar-refractivity contribution in [3.8, 4) is 0 Å². The summed E-state index contributed by atoms with van der Waals surface area (Å²) in [6.45, 7) is 6.16. The van der Waals surface area contributed by atoms with Gasteiger partial charge in [0.1, 0.15) is 0 Å². The van der Waals surface area contributed by atoms with Gasteiger partial charge in [-0.25, -0.2) is 0 Å². The fraction of sp³-hybridized carbons (Fsp3) is 0.833. The lowest BCUT2D eigenvalue weighted by Crippen LogP contribution is -2.41. The van der Waals surface area contributed by atoms with Gasteiger partial charge in [-0.2, -0.15) is 0 Å². The van der Waals surface area contributed by atoms with Gasteiger partial charge in [-0.15, -0.1) is 0 Å². The Morgan fingerprint density at radius 1 is 1.35 bits per heavy atom. The Labute approximate surface area is 103 Å². The van der Waals surface area contributed by atoms with E-state index in [1.54, 1.807) is 7.05 Å². The van der Waals surface area contributed by atoms with Crippen molar-refractivity contribution in [1.29, 1.82) is 0 Å². The molecule has 0 aromatic heterocycles. The highest BCUT2D eigenvalue weighted by Crippen LogP contribution is 2.27. The van der Waals surface area contributed by atoms with Crippen molar-refractivity contribution in [1.82, 2.24) is 10.6 Å². The number of amides is 1. The van der Waals surface area contributed by atoms with Gasteiger partial charge in [0.15, 0.2) is 0 Å². The molecule has 0 rings (SSSR count). The van der Waals surface area contributed by atoms with Gasteiger partial charge in [-0.1, -0.05) is 20.8 Å². The summed E-state index contributed by atoms with van der Waals surface area (Å²) in [7, 11) is 3.15. The summed E-state index contributed by atoms with van der Waals surface area (Å²) in [5.41, 5.74) is -0.482. The van der Waals surface area contributed by atoms with E-state index in [0.29, 0.717) is 19.5 Å². The minimum Gasteiger partial charge on any atom is -0.469 e. The summed E-state index contributed by atoms with van der Waals surface area (Å²) in [6, 6.07) is 0. The van der Waals surface area contributed by atoms with Crippen LogP contribution in [0.1, 0.15) is 33.6 Å². The zero-order valence-electron chi connectivity index (χ0n) is 11.4. The van der Waals surface area contributed by atoms with Crippen LogP contribution in [0.3, 0.4) is 0 Å². The molecule has 0 aromatic carbocycles. The lowest BCUT2D eigenvalue weighted by atomic mass is 9.81. The van der Waals surface area contributed by atoms with Crippen LogP contribution in [0.4, 0.5) is 0 Å². The molecule has 0 aliphatic rings. The first-order valence-electron chi connectivity index (χ1n) is 5.83.